The van der Waals surface area contributed by atoms with Crippen molar-refractivity contribution in [3.63, 3.8) is 0 Å². The predicted octanol–water partition coefficient (Wildman–Crippen LogP) is 12.6. The number of hydrogen-bond donors (Lipinski definition) is 4. The number of anilines is 4. The van der Waals surface area contributed by atoms with Crippen molar-refractivity contribution in [1.29, 1.82) is 0 Å². The fourth-order valence-electron chi connectivity index (χ4n) is 14.6. The van der Waals surface area contributed by atoms with Gasteiger partial charge in [0.2, 0.25) is 0 Å². The van der Waals surface area contributed by atoms with Gasteiger partial charge in [-0.05, 0) is 239 Å². The van der Waals surface area contributed by atoms with E-state index in [0.717, 1.165) is 111 Å². The van der Waals surface area contributed by atoms with Crippen molar-refractivity contribution in [3.8, 4) is 0 Å². The highest BCUT2D eigenvalue weighted by atomic mass is 32.2. The molecule has 456 valence electrons. The van der Waals surface area contributed by atoms with E-state index in [-0.39, 0.29) is 55.2 Å². The number of carbonyl (C=O) groups is 2. The summed E-state index contributed by atoms with van der Waals surface area (Å²) in [6.45, 7) is 23.0. The van der Waals surface area contributed by atoms with Crippen LogP contribution in [-0.4, -0.2) is 84.8 Å². The van der Waals surface area contributed by atoms with E-state index in [1.807, 2.05) is 24.3 Å². The largest absolute Gasteiger partial charge is 0.367 e. The van der Waals surface area contributed by atoms with Crippen LogP contribution in [-0.2, 0) is 30.9 Å². The summed E-state index contributed by atoms with van der Waals surface area (Å²) in [5.74, 6) is 7.02. The van der Waals surface area contributed by atoms with E-state index in [1.54, 1.807) is 24.3 Å². The molecule has 4 aromatic rings. The number of carbonyl (C=O) groups excluding carboxylic acids is 2. The maximum Gasteiger partial charge on any atom is 0.281 e. The van der Waals surface area contributed by atoms with Crippen LogP contribution in [0, 0.1) is 47.3 Å². The molecule has 4 saturated carbocycles. The Hall–Kier alpha value is -5.36. The molecule has 6 fully saturated rings. The quantitative estimate of drug-likeness (QED) is 0.116. The zero-order chi connectivity index (χ0) is 59.7. The van der Waals surface area contributed by atoms with Gasteiger partial charge in [0.15, 0.2) is 10.1 Å². The van der Waals surface area contributed by atoms with E-state index < -0.39 is 31.9 Å². The Kier molecular flexibility index (Phi) is 16.6. The number of nitrogens with one attached hydrogen (secondary N) is 4. The lowest BCUT2D eigenvalue weighted by Gasteiger charge is -2.34. The van der Waals surface area contributed by atoms with E-state index >= 15 is 0 Å². The molecule has 8 bridgehead atoms. The SMILES string of the molecule is CC(C)(C)c1ccc2c(n1)N1C[C@@H](CCC(CCC(C3CC3)C3CC3)Nc3cccc(n3)S(=O)(=O)NC2=O)CC1(C)C.CC(C)(C)c1ccc2c(n1)N1C[C@@H](CCC(CCC(C3CC3)C3CC3)Nc3cccc(n3)S(=O)(=O)NC2=O)CC1(C)C. The van der Waals surface area contributed by atoms with Crippen LogP contribution in [0.4, 0.5) is 23.3 Å². The predicted molar refractivity (Wildman–Crippen MR) is 332 cm³/mol. The van der Waals surface area contributed by atoms with E-state index in [0.29, 0.717) is 35.1 Å². The Balaban J connectivity index is 0.000000175. The van der Waals surface area contributed by atoms with Crippen molar-refractivity contribution >= 4 is 55.1 Å². The number of sulfonamides is 2. The van der Waals surface area contributed by atoms with Gasteiger partial charge >= 0.3 is 0 Å². The van der Waals surface area contributed by atoms with Gasteiger partial charge in [0.1, 0.15) is 23.3 Å². The molecule has 4 N–H and O–H groups in total. The normalized spacial score (nSPS) is 25.7. The highest BCUT2D eigenvalue weighted by molar-refractivity contribution is 7.90. The fourth-order valence-corrected chi connectivity index (χ4v) is 16.5. The number of fused-ring (bicyclic) bond motifs is 12. The van der Waals surface area contributed by atoms with E-state index in [9.17, 15) is 26.4 Å². The van der Waals surface area contributed by atoms with Crippen LogP contribution in [0.15, 0.2) is 70.7 Å². The summed E-state index contributed by atoms with van der Waals surface area (Å²) < 4.78 is 58.4. The van der Waals surface area contributed by atoms with Crippen molar-refractivity contribution in [1.82, 2.24) is 29.4 Å². The maximum absolute atomic E-state index is 13.6. The van der Waals surface area contributed by atoms with Gasteiger partial charge in [-0.3, -0.25) is 9.59 Å². The molecule has 4 aliphatic carbocycles. The van der Waals surface area contributed by atoms with Crippen LogP contribution in [0.5, 0.6) is 0 Å². The standard InChI is InChI=1S/2C33H47N5O3S/c2*1-32(2,3)27-18-17-26-30(35-27)38-20-21(19-33(38,4)5)9-14-24(15-16-25(22-10-11-22)23-12-13-23)34-28-7-6-8-29(36-28)42(40,41)37-31(26)39/h2*6-8,17-18,21-25H,9-16,19-20H2,1-5H3,(H,34,36)(H,37,39)/t2*21-,24?/m00/s1. The number of aromatic nitrogens is 4. The molecular weight excluding hydrogens is 1090 g/mol. The third-order valence-corrected chi connectivity index (χ3v) is 22.3. The minimum atomic E-state index is -4.20. The molecule has 4 aliphatic heterocycles. The van der Waals surface area contributed by atoms with E-state index in [2.05, 4.69) is 109 Å². The van der Waals surface area contributed by atoms with Gasteiger partial charge < -0.3 is 20.4 Å². The van der Waals surface area contributed by atoms with Gasteiger partial charge in [-0.2, -0.15) is 16.8 Å². The highest BCUT2D eigenvalue weighted by Crippen LogP contribution is 2.53. The minimum Gasteiger partial charge on any atom is -0.367 e. The summed E-state index contributed by atoms with van der Waals surface area (Å²) in [5.41, 5.74) is 1.39. The summed E-state index contributed by atoms with van der Waals surface area (Å²) in [5, 5.41) is 6.91. The van der Waals surface area contributed by atoms with Crippen molar-refractivity contribution in [2.45, 2.75) is 229 Å². The Morgan fingerprint density at radius 3 is 1.19 bits per heavy atom. The summed E-state index contributed by atoms with van der Waals surface area (Å²) in [6.07, 6.45) is 21.7. The van der Waals surface area contributed by atoms with Gasteiger partial charge in [-0.15, -0.1) is 0 Å². The van der Waals surface area contributed by atoms with Crippen LogP contribution < -0.4 is 29.9 Å². The van der Waals surface area contributed by atoms with Gasteiger partial charge in [-0.1, -0.05) is 53.7 Å². The zero-order valence-corrected chi connectivity index (χ0v) is 53.3. The van der Waals surface area contributed by atoms with Gasteiger partial charge in [0.05, 0.1) is 11.1 Å². The summed E-state index contributed by atoms with van der Waals surface area (Å²) >= 11 is 0. The first kappa shape index (κ1) is 60.3. The van der Waals surface area contributed by atoms with Crippen molar-refractivity contribution in [2.75, 3.05) is 33.5 Å². The third kappa shape index (κ3) is 14.1. The monoisotopic (exact) mass is 1190 g/mol. The van der Waals surface area contributed by atoms with Gasteiger partial charge in [0, 0.05) is 58.5 Å². The van der Waals surface area contributed by atoms with Crippen molar-refractivity contribution < 1.29 is 26.4 Å². The average molecular weight is 1190 g/mol. The lowest BCUT2D eigenvalue weighted by atomic mass is 9.87. The molecule has 2 amide bonds. The molecule has 2 saturated heterocycles. The summed E-state index contributed by atoms with van der Waals surface area (Å²) in [4.78, 5) is 50.7. The number of hydrogen-bond acceptors (Lipinski definition) is 14. The van der Waals surface area contributed by atoms with Crippen molar-refractivity contribution in [3.05, 3.63) is 83.2 Å². The Labute approximate surface area is 501 Å². The molecule has 4 atom stereocenters. The van der Waals surface area contributed by atoms with Gasteiger partial charge in [-0.25, -0.2) is 29.4 Å². The third-order valence-electron chi connectivity index (χ3n) is 19.8. The average Bonchev–Trinajstić information content (AvgIpc) is 3.70. The molecule has 8 heterocycles. The molecule has 0 spiro atoms. The number of nitrogens with zero attached hydrogens (tertiary/aromatic N) is 6. The highest BCUT2D eigenvalue weighted by Gasteiger charge is 2.46. The van der Waals surface area contributed by atoms with Crippen LogP contribution in [0.1, 0.15) is 217 Å². The van der Waals surface area contributed by atoms with Gasteiger partial charge in [0.25, 0.3) is 31.9 Å². The molecule has 2 unspecified atom stereocenters. The summed E-state index contributed by atoms with van der Waals surface area (Å²) in [6, 6.07) is 17.5. The van der Waals surface area contributed by atoms with Crippen molar-refractivity contribution in [2.24, 2.45) is 47.3 Å². The molecule has 18 heteroatoms. The van der Waals surface area contributed by atoms with Crippen LogP contribution in [0.2, 0.25) is 0 Å². The Morgan fingerprint density at radius 2 is 0.857 bits per heavy atom. The number of rotatable bonds is 10. The molecule has 0 radical (unpaired) electrons. The lowest BCUT2D eigenvalue weighted by molar-refractivity contribution is 0.0972. The molecule has 16 nitrogen and oxygen atoms in total. The number of pyridine rings is 4. The fraction of sp³-hybridized carbons (Fsp3) is 0.667. The first-order chi connectivity index (χ1) is 39.6. The molecule has 84 heavy (non-hydrogen) atoms. The first-order valence-corrected chi connectivity index (χ1v) is 34.8. The van der Waals surface area contributed by atoms with Crippen LogP contribution in [0.3, 0.4) is 0 Å². The second-order valence-corrected chi connectivity index (χ2v) is 33.1. The van der Waals surface area contributed by atoms with E-state index in [1.165, 1.54) is 76.3 Å². The molecular formula is C66H94N10O6S2. The minimum absolute atomic E-state index is 0.161. The summed E-state index contributed by atoms with van der Waals surface area (Å²) in [7, 11) is -8.40. The molecule has 4 aromatic heterocycles. The second kappa shape index (κ2) is 23.1. The van der Waals surface area contributed by atoms with Crippen LogP contribution in [0.25, 0.3) is 0 Å². The Bertz CT molecular complexity index is 3080. The van der Waals surface area contributed by atoms with Crippen LogP contribution >= 0.6 is 0 Å². The molecule has 0 aromatic carbocycles. The first-order valence-electron chi connectivity index (χ1n) is 31.8. The molecule has 12 rings (SSSR count). The maximum atomic E-state index is 13.6. The smallest absolute Gasteiger partial charge is 0.281 e. The number of amides is 2. The Morgan fingerprint density at radius 1 is 0.500 bits per heavy atom. The van der Waals surface area contributed by atoms with E-state index in [4.69, 9.17) is 9.97 Å². The topological polar surface area (TPSA) is 209 Å². The lowest BCUT2D eigenvalue weighted by Crippen LogP contribution is -2.41. The zero-order valence-electron chi connectivity index (χ0n) is 51.6. The second-order valence-electron chi connectivity index (χ2n) is 29.9. The molecule has 8 aliphatic rings.